The normalized spacial score (nSPS) is 15.6. The number of carbonyl (C=O) groups excluding carboxylic acids is 1. The largest absolute Gasteiger partial charge is 0.321 e. The molecule has 1 fully saturated rings. The highest BCUT2D eigenvalue weighted by Crippen LogP contribution is 2.21. The van der Waals surface area contributed by atoms with Gasteiger partial charge < -0.3 is 9.88 Å². The van der Waals surface area contributed by atoms with Crippen molar-refractivity contribution in [3.8, 4) is 0 Å². The van der Waals surface area contributed by atoms with E-state index in [1.165, 1.54) is 51.5 Å². The first-order valence-electron chi connectivity index (χ1n) is 8.46. The minimum atomic E-state index is -3.51. The van der Waals surface area contributed by atoms with Crippen molar-refractivity contribution >= 4 is 21.6 Å². The molecule has 1 aromatic carbocycles. The van der Waals surface area contributed by atoms with Gasteiger partial charge in [-0.05, 0) is 43.2 Å². The highest BCUT2D eigenvalue weighted by Gasteiger charge is 2.25. The first kappa shape index (κ1) is 18.3. The number of anilines is 1. The molecule has 26 heavy (non-hydrogen) atoms. The first-order chi connectivity index (χ1) is 12.4. The maximum atomic E-state index is 12.6. The Morgan fingerprint density at radius 3 is 2.27 bits per heavy atom. The van der Waals surface area contributed by atoms with Gasteiger partial charge in [0.1, 0.15) is 0 Å². The molecular weight excluding hydrogens is 354 g/mol. The molecular formula is C18H21N3O4S. The fourth-order valence-electron chi connectivity index (χ4n) is 2.90. The Bertz CT molecular complexity index is 959. The van der Waals surface area contributed by atoms with Crippen molar-refractivity contribution in [3.05, 3.63) is 58.5 Å². The lowest BCUT2D eigenvalue weighted by Crippen LogP contribution is -2.35. The van der Waals surface area contributed by atoms with Gasteiger partial charge in [0.25, 0.3) is 5.91 Å². The van der Waals surface area contributed by atoms with Crippen molar-refractivity contribution in [1.29, 1.82) is 0 Å². The smallest absolute Gasteiger partial charge is 0.255 e. The molecule has 0 radical (unpaired) electrons. The molecule has 1 saturated heterocycles. The van der Waals surface area contributed by atoms with Gasteiger partial charge in [-0.3, -0.25) is 9.59 Å². The van der Waals surface area contributed by atoms with E-state index in [1.54, 1.807) is 7.05 Å². The Morgan fingerprint density at radius 2 is 1.65 bits per heavy atom. The lowest BCUT2D eigenvalue weighted by Gasteiger charge is -2.25. The van der Waals surface area contributed by atoms with Crippen molar-refractivity contribution in [1.82, 2.24) is 8.87 Å². The number of amides is 1. The summed E-state index contributed by atoms with van der Waals surface area (Å²) < 4.78 is 28.1. The van der Waals surface area contributed by atoms with Crippen LogP contribution in [0.25, 0.3) is 0 Å². The highest BCUT2D eigenvalue weighted by molar-refractivity contribution is 7.89. The summed E-state index contributed by atoms with van der Waals surface area (Å²) in [6, 6.07) is 8.79. The molecule has 8 heteroatoms. The highest BCUT2D eigenvalue weighted by atomic mass is 32.2. The van der Waals surface area contributed by atoms with Crippen LogP contribution in [-0.2, 0) is 17.1 Å². The second kappa shape index (κ2) is 7.43. The zero-order chi connectivity index (χ0) is 18.7. The third kappa shape index (κ3) is 3.86. The summed E-state index contributed by atoms with van der Waals surface area (Å²) >= 11 is 0. The Kier molecular flexibility index (Phi) is 5.24. The van der Waals surface area contributed by atoms with E-state index in [4.69, 9.17) is 0 Å². The minimum absolute atomic E-state index is 0.171. The summed E-state index contributed by atoms with van der Waals surface area (Å²) in [4.78, 5) is 23.9. The molecule has 0 aliphatic carbocycles. The van der Waals surface area contributed by atoms with Gasteiger partial charge in [0.2, 0.25) is 15.6 Å². The molecule has 138 valence electrons. The maximum absolute atomic E-state index is 12.6. The third-order valence-corrected chi connectivity index (χ3v) is 6.33. The molecule has 2 heterocycles. The van der Waals surface area contributed by atoms with Gasteiger partial charge in [-0.1, -0.05) is 6.42 Å². The first-order valence-corrected chi connectivity index (χ1v) is 9.90. The van der Waals surface area contributed by atoms with Gasteiger partial charge in [-0.15, -0.1) is 0 Å². The summed E-state index contributed by atoms with van der Waals surface area (Å²) in [6.07, 6.45) is 4.32. The molecule has 1 N–H and O–H groups in total. The van der Waals surface area contributed by atoms with Crippen LogP contribution in [0.3, 0.4) is 0 Å². The van der Waals surface area contributed by atoms with Gasteiger partial charge in [0.15, 0.2) is 0 Å². The zero-order valence-electron chi connectivity index (χ0n) is 14.5. The van der Waals surface area contributed by atoms with Crippen LogP contribution < -0.4 is 10.9 Å². The fourth-order valence-corrected chi connectivity index (χ4v) is 4.42. The van der Waals surface area contributed by atoms with Crippen LogP contribution in [0.2, 0.25) is 0 Å². The van der Waals surface area contributed by atoms with Crippen molar-refractivity contribution in [2.75, 3.05) is 18.4 Å². The third-order valence-electron chi connectivity index (χ3n) is 4.41. The number of nitrogens with one attached hydrogen (secondary N) is 1. The summed E-state index contributed by atoms with van der Waals surface area (Å²) in [7, 11) is -1.91. The SMILES string of the molecule is Cn1cc(NC(=O)c2ccc(S(=O)(=O)N3CCCCC3)cc2)ccc1=O. The van der Waals surface area contributed by atoms with Crippen LogP contribution in [0.4, 0.5) is 5.69 Å². The van der Waals surface area contributed by atoms with Crippen molar-refractivity contribution in [3.63, 3.8) is 0 Å². The molecule has 3 rings (SSSR count). The number of nitrogens with zero attached hydrogens (tertiary/aromatic N) is 2. The Hall–Kier alpha value is -2.45. The molecule has 0 atom stereocenters. The average molecular weight is 375 g/mol. The molecule has 1 aliphatic rings. The Balaban J connectivity index is 1.75. The minimum Gasteiger partial charge on any atom is -0.321 e. The van der Waals surface area contributed by atoms with Gasteiger partial charge in [0.05, 0.1) is 10.6 Å². The molecule has 0 saturated carbocycles. The van der Waals surface area contributed by atoms with Crippen LogP contribution >= 0.6 is 0 Å². The van der Waals surface area contributed by atoms with Crippen LogP contribution in [0.5, 0.6) is 0 Å². The van der Waals surface area contributed by atoms with Crippen LogP contribution in [0.15, 0.2) is 52.3 Å². The zero-order valence-corrected chi connectivity index (χ0v) is 15.3. The number of piperidine rings is 1. The van der Waals surface area contributed by atoms with E-state index in [0.29, 0.717) is 24.3 Å². The molecule has 2 aromatic rings. The Morgan fingerprint density at radius 1 is 1.00 bits per heavy atom. The number of sulfonamides is 1. The average Bonchev–Trinajstić information content (AvgIpc) is 2.65. The second-order valence-electron chi connectivity index (χ2n) is 6.31. The second-order valence-corrected chi connectivity index (χ2v) is 8.25. The van der Waals surface area contributed by atoms with E-state index in [0.717, 1.165) is 19.3 Å². The van der Waals surface area contributed by atoms with Crippen LogP contribution in [-0.4, -0.2) is 36.3 Å². The number of hydrogen-bond donors (Lipinski definition) is 1. The number of pyridine rings is 1. The molecule has 0 bridgehead atoms. The van der Waals surface area contributed by atoms with E-state index < -0.39 is 10.0 Å². The van der Waals surface area contributed by atoms with E-state index in [-0.39, 0.29) is 16.4 Å². The number of carbonyl (C=O) groups is 1. The number of rotatable bonds is 4. The van der Waals surface area contributed by atoms with Crippen LogP contribution in [0, 0.1) is 0 Å². The monoisotopic (exact) mass is 375 g/mol. The summed E-state index contributed by atoms with van der Waals surface area (Å²) in [6.45, 7) is 1.08. The molecule has 1 aromatic heterocycles. The number of benzene rings is 1. The molecule has 7 nitrogen and oxygen atoms in total. The van der Waals surface area contributed by atoms with Gasteiger partial charge in [-0.2, -0.15) is 4.31 Å². The van der Waals surface area contributed by atoms with Crippen molar-refractivity contribution < 1.29 is 13.2 Å². The topological polar surface area (TPSA) is 88.5 Å². The van der Waals surface area contributed by atoms with Gasteiger partial charge in [0, 0.05) is 38.0 Å². The van der Waals surface area contributed by atoms with Crippen molar-refractivity contribution in [2.45, 2.75) is 24.2 Å². The predicted octanol–water partition coefficient (Wildman–Crippen LogP) is 1.81. The standard InChI is InChI=1S/C18H21N3O4S/c1-20-13-15(7-10-17(20)22)19-18(23)14-5-8-16(9-6-14)26(24,25)21-11-3-2-4-12-21/h5-10,13H,2-4,11-12H2,1H3,(H,19,23). The summed E-state index contributed by atoms with van der Waals surface area (Å²) in [5.41, 5.74) is 0.661. The lowest BCUT2D eigenvalue weighted by atomic mass is 10.2. The van der Waals surface area contributed by atoms with Crippen LogP contribution in [0.1, 0.15) is 29.6 Å². The van der Waals surface area contributed by atoms with Gasteiger partial charge in [-0.25, -0.2) is 8.42 Å². The molecule has 0 spiro atoms. The van der Waals surface area contributed by atoms with E-state index in [2.05, 4.69) is 5.32 Å². The molecule has 0 unspecified atom stereocenters. The number of aromatic nitrogens is 1. The maximum Gasteiger partial charge on any atom is 0.255 e. The summed E-state index contributed by atoms with van der Waals surface area (Å²) in [5, 5.41) is 2.69. The Labute approximate surface area is 152 Å². The molecule has 1 aliphatic heterocycles. The summed E-state index contributed by atoms with van der Waals surface area (Å²) in [5.74, 6) is -0.370. The quantitative estimate of drug-likeness (QED) is 0.883. The van der Waals surface area contributed by atoms with E-state index in [1.807, 2.05) is 0 Å². The number of hydrogen-bond acceptors (Lipinski definition) is 4. The van der Waals surface area contributed by atoms with E-state index >= 15 is 0 Å². The van der Waals surface area contributed by atoms with Crippen molar-refractivity contribution in [2.24, 2.45) is 7.05 Å². The van der Waals surface area contributed by atoms with E-state index in [9.17, 15) is 18.0 Å². The predicted molar refractivity (Wildman–Crippen MR) is 98.7 cm³/mol. The number of aryl methyl sites for hydroxylation is 1. The lowest BCUT2D eigenvalue weighted by molar-refractivity contribution is 0.102. The fraction of sp³-hybridized carbons (Fsp3) is 0.333. The van der Waals surface area contributed by atoms with Gasteiger partial charge >= 0.3 is 0 Å². The molecule has 1 amide bonds.